The van der Waals surface area contributed by atoms with E-state index in [1.807, 2.05) is 6.07 Å². The molecule has 7 heteroatoms. The van der Waals surface area contributed by atoms with Crippen molar-refractivity contribution in [2.75, 3.05) is 6.54 Å². The monoisotopic (exact) mass is 293 g/mol. The van der Waals surface area contributed by atoms with Gasteiger partial charge in [-0.05, 0) is 36.6 Å². The van der Waals surface area contributed by atoms with E-state index in [4.69, 9.17) is 0 Å². The Morgan fingerprint density at radius 2 is 2.15 bits per heavy atom. The maximum Gasteiger partial charge on any atom is 0.260 e. The number of benzene rings is 1. The molecule has 2 heterocycles. The molecule has 0 bridgehead atoms. The molecule has 0 aliphatic carbocycles. The molecule has 1 aliphatic heterocycles. The highest BCUT2D eigenvalue weighted by molar-refractivity contribution is 7.89. The van der Waals surface area contributed by atoms with Crippen molar-refractivity contribution >= 4 is 10.0 Å². The summed E-state index contributed by atoms with van der Waals surface area (Å²) >= 11 is 0. The predicted molar refractivity (Wildman–Crippen MR) is 72.7 cm³/mol. The van der Waals surface area contributed by atoms with Gasteiger partial charge in [0.05, 0.1) is 6.20 Å². The van der Waals surface area contributed by atoms with Crippen LogP contribution < -0.4 is 0 Å². The number of aromatic hydroxyl groups is 1. The first-order valence-corrected chi connectivity index (χ1v) is 7.73. The van der Waals surface area contributed by atoms with Crippen LogP contribution in [0.3, 0.4) is 0 Å². The molecule has 106 valence electrons. The van der Waals surface area contributed by atoms with Gasteiger partial charge in [-0.2, -0.15) is 4.31 Å². The summed E-state index contributed by atoms with van der Waals surface area (Å²) in [5.41, 5.74) is 1.92. The van der Waals surface area contributed by atoms with Crippen molar-refractivity contribution < 1.29 is 13.5 Å². The Morgan fingerprint density at radius 1 is 1.35 bits per heavy atom. The summed E-state index contributed by atoms with van der Waals surface area (Å²) in [6.45, 7) is 2.41. The number of aromatic nitrogens is 2. The number of sulfonamides is 1. The van der Waals surface area contributed by atoms with E-state index < -0.39 is 10.0 Å². The summed E-state index contributed by atoms with van der Waals surface area (Å²) in [5, 5.41) is 9.62. The van der Waals surface area contributed by atoms with Crippen molar-refractivity contribution in [2.24, 2.45) is 0 Å². The molecule has 0 atom stereocenters. The van der Waals surface area contributed by atoms with Crippen LogP contribution in [0.5, 0.6) is 5.75 Å². The first-order chi connectivity index (χ1) is 9.46. The van der Waals surface area contributed by atoms with Crippen molar-refractivity contribution in [1.82, 2.24) is 14.3 Å². The van der Waals surface area contributed by atoms with E-state index in [0.29, 0.717) is 18.8 Å². The van der Waals surface area contributed by atoms with E-state index in [-0.39, 0.29) is 17.3 Å². The summed E-state index contributed by atoms with van der Waals surface area (Å²) in [4.78, 5) is 6.69. The molecule has 0 spiro atoms. The molecular formula is C13H15N3O3S. The number of nitrogens with zero attached hydrogens (tertiary/aromatic N) is 2. The van der Waals surface area contributed by atoms with E-state index in [9.17, 15) is 13.5 Å². The zero-order valence-electron chi connectivity index (χ0n) is 11.0. The lowest BCUT2D eigenvalue weighted by molar-refractivity contribution is 0.387. The van der Waals surface area contributed by atoms with Gasteiger partial charge in [0.1, 0.15) is 11.6 Å². The molecule has 6 nitrogen and oxygen atoms in total. The highest BCUT2D eigenvalue weighted by Gasteiger charge is 2.29. The first kappa shape index (κ1) is 13.1. The Kier molecular flexibility index (Phi) is 3.02. The van der Waals surface area contributed by atoms with Gasteiger partial charge in [-0.3, -0.25) is 0 Å². The summed E-state index contributed by atoms with van der Waals surface area (Å²) in [7, 11) is -3.56. The Hall–Kier alpha value is -1.86. The third-order valence-electron chi connectivity index (χ3n) is 3.46. The normalized spacial score (nSPS) is 16.1. The van der Waals surface area contributed by atoms with Gasteiger partial charge in [-0.15, -0.1) is 0 Å². The van der Waals surface area contributed by atoms with Crippen LogP contribution in [0.15, 0.2) is 29.4 Å². The zero-order valence-corrected chi connectivity index (χ0v) is 11.8. The van der Waals surface area contributed by atoms with E-state index >= 15 is 0 Å². The number of fused-ring (bicyclic) bond motifs is 1. The molecule has 3 rings (SSSR count). The fourth-order valence-electron chi connectivity index (χ4n) is 2.39. The number of hydrogen-bond acceptors (Lipinski definition) is 4. The van der Waals surface area contributed by atoms with Crippen LogP contribution in [-0.2, 0) is 23.0 Å². The Labute approximate surface area is 117 Å². The van der Waals surface area contributed by atoms with Gasteiger partial charge >= 0.3 is 0 Å². The van der Waals surface area contributed by atoms with E-state index in [0.717, 1.165) is 11.1 Å². The number of phenols is 1. The second-order valence-electron chi connectivity index (χ2n) is 4.87. The Balaban J connectivity index is 1.93. The zero-order chi connectivity index (χ0) is 14.3. The average molecular weight is 293 g/mol. The molecule has 0 saturated heterocycles. The SMILES string of the molecule is Cc1ncc(S(=O)(=O)N2CCc3ccc(O)cc3C2)[nH]1. The lowest BCUT2D eigenvalue weighted by Gasteiger charge is -2.27. The van der Waals surface area contributed by atoms with Crippen molar-refractivity contribution in [3.8, 4) is 5.75 Å². The van der Waals surface area contributed by atoms with Crippen molar-refractivity contribution in [1.29, 1.82) is 0 Å². The minimum atomic E-state index is -3.56. The third kappa shape index (κ3) is 2.19. The minimum Gasteiger partial charge on any atom is -0.508 e. The van der Waals surface area contributed by atoms with Crippen LogP contribution in [0.1, 0.15) is 17.0 Å². The van der Waals surface area contributed by atoms with Crippen LogP contribution in [-0.4, -0.2) is 34.3 Å². The van der Waals surface area contributed by atoms with Crippen molar-refractivity contribution in [2.45, 2.75) is 24.9 Å². The standard InChI is InChI=1S/C13H15N3O3S/c1-9-14-7-13(15-9)20(18,19)16-5-4-10-2-3-12(17)6-11(10)8-16/h2-3,6-7,17H,4-5,8H2,1H3,(H,14,15). The number of hydrogen-bond donors (Lipinski definition) is 2. The molecule has 0 amide bonds. The second kappa shape index (κ2) is 4.60. The van der Waals surface area contributed by atoms with E-state index in [1.54, 1.807) is 19.1 Å². The van der Waals surface area contributed by atoms with Gasteiger partial charge in [0.2, 0.25) is 0 Å². The van der Waals surface area contributed by atoms with E-state index in [1.165, 1.54) is 10.5 Å². The van der Waals surface area contributed by atoms with Crippen molar-refractivity contribution in [3.63, 3.8) is 0 Å². The molecule has 1 aromatic carbocycles. The quantitative estimate of drug-likeness (QED) is 0.870. The maximum absolute atomic E-state index is 12.5. The third-order valence-corrected chi connectivity index (χ3v) is 5.22. The van der Waals surface area contributed by atoms with Crippen LogP contribution in [0.2, 0.25) is 0 Å². The molecule has 0 saturated carbocycles. The van der Waals surface area contributed by atoms with Crippen LogP contribution in [0.25, 0.3) is 0 Å². The second-order valence-corrected chi connectivity index (χ2v) is 6.78. The number of nitrogens with one attached hydrogen (secondary N) is 1. The topological polar surface area (TPSA) is 86.3 Å². The highest BCUT2D eigenvalue weighted by atomic mass is 32.2. The lowest BCUT2D eigenvalue weighted by atomic mass is 10.0. The minimum absolute atomic E-state index is 0.110. The Bertz CT molecular complexity index is 752. The summed E-state index contributed by atoms with van der Waals surface area (Å²) in [6.07, 6.45) is 1.98. The molecule has 2 N–H and O–H groups in total. The Morgan fingerprint density at radius 3 is 2.85 bits per heavy atom. The first-order valence-electron chi connectivity index (χ1n) is 6.29. The molecule has 20 heavy (non-hydrogen) atoms. The molecular weight excluding hydrogens is 278 g/mol. The molecule has 0 unspecified atom stereocenters. The number of H-pyrrole nitrogens is 1. The molecule has 1 aliphatic rings. The lowest BCUT2D eigenvalue weighted by Crippen LogP contribution is -2.36. The highest BCUT2D eigenvalue weighted by Crippen LogP contribution is 2.26. The van der Waals surface area contributed by atoms with Crippen LogP contribution >= 0.6 is 0 Å². The fraction of sp³-hybridized carbons (Fsp3) is 0.308. The number of aromatic amines is 1. The molecule has 1 aromatic heterocycles. The molecule has 0 fully saturated rings. The smallest absolute Gasteiger partial charge is 0.260 e. The number of imidazole rings is 1. The molecule has 0 radical (unpaired) electrons. The predicted octanol–water partition coefficient (Wildman–Crippen LogP) is 1.17. The van der Waals surface area contributed by atoms with E-state index in [2.05, 4.69) is 9.97 Å². The summed E-state index contributed by atoms with van der Waals surface area (Å²) in [6, 6.07) is 5.09. The fourth-order valence-corrected chi connectivity index (χ4v) is 3.77. The number of rotatable bonds is 2. The van der Waals surface area contributed by atoms with Gasteiger partial charge < -0.3 is 10.1 Å². The van der Waals surface area contributed by atoms with Crippen molar-refractivity contribution in [3.05, 3.63) is 41.3 Å². The number of phenolic OH excluding ortho intramolecular Hbond substituents is 1. The largest absolute Gasteiger partial charge is 0.508 e. The summed E-state index contributed by atoms with van der Waals surface area (Å²) < 4.78 is 26.4. The summed E-state index contributed by atoms with van der Waals surface area (Å²) in [5.74, 6) is 0.721. The van der Waals surface area contributed by atoms with Gasteiger partial charge in [-0.25, -0.2) is 13.4 Å². The van der Waals surface area contributed by atoms with Crippen LogP contribution in [0.4, 0.5) is 0 Å². The van der Waals surface area contributed by atoms with Crippen LogP contribution in [0, 0.1) is 6.92 Å². The van der Waals surface area contributed by atoms with Gasteiger partial charge in [0.15, 0.2) is 5.03 Å². The van der Waals surface area contributed by atoms with Gasteiger partial charge in [0, 0.05) is 13.1 Å². The number of aryl methyl sites for hydroxylation is 1. The average Bonchev–Trinajstić information content (AvgIpc) is 2.85. The van der Waals surface area contributed by atoms with Gasteiger partial charge in [-0.1, -0.05) is 6.07 Å². The molecule has 2 aromatic rings. The van der Waals surface area contributed by atoms with Gasteiger partial charge in [0.25, 0.3) is 10.0 Å². The maximum atomic E-state index is 12.5.